The Labute approximate surface area is 126 Å². The molecule has 0 aliphatic carbocycles. The summed E-state index contributed by atoms with van der Waals surface area (Å²) in [5.74, 6) is -0.960. The van der Waals surface area contributed by atoms with E-state index < -0.39 is 11.5 Å². The van der Waals surface area contributed by atoms with Gasteiger partial charge in [-0.15, -0.1) is 0 Å². The van der Waals surface area contributed by atoms with Crippen LogP contribution in [0.15, 0.2) is 24.3 Å². The lowest BCUT2D eigenvalue weighted by molar-refractivity contribution is -0.139. The van der Waals surface area contributed by atoms with Crippen molar-refractivity contribution in [1.82, 2.24) is 5.32 Å². The Kier molecular flexibility index (Phi) is 6.40. The molecule has 1 rings (SSSR count). The molecule has 1 amide bonds. The summed E-state index contributed by atoms with van der Waals surface area (Å²) < 4.78 is 0. The van der Waals surface area contributed by atoms with Gasteiger partial charge in [-0.05, 0) is 31.7 Å². The quantitative estimate of drug-likeness (QED) is 0.773. The van der Waals surface area contributed by atoms with Crippen molar-refractivity contribution in [3.05, 3.63) is 35.4 Å². The van der Waals surface area contributed by atoms with Gasteiger partial charge in [-0.2, -0.15) is 0 Å². The van der Waals surface area contributed by atoms with E-state index in [-0.39, 0.29) is 12.3 Å². The van der Waals surface area contributed by atoms with E-state index in [1.54, 1.807) is 0 Å². The molecule has 0 radical (unpaired) electrons. The number of hydrogen-bond donors (Lipinski definition) is 2. The zero-order valence-electron chi connectivity index (χ0n) is 13.1. The molecule has 0 heterocycles. The molecule has 116 valence electrons. The fourth-order valence-corrected chi connectivity index (χ4v) is 2.38. The first-order valence-corrected chi connectivity index (χ1v) is 7.49. The number of carboxylic acid groups (broad SMARTS) is 1. The molecular formula is C17H25NO3. The third-order valence-corrected chi connectivity index (χ3v) is 4.01. The van der Waals surface area contributed by atoms with E-state index in [0.717, 1.165) is 5.56 Å². The van der Waals surface area contributed by atoms with Crippen LogP contribution in [0.25, 0.3) is 0 Å². The number of aryl methyl sites for hydroxylation is 2. The molecule has 0 spiro atoms. The molecule has 0 saturated carbocycles. The first-order valence-electron chi connectivity index (χ1n) is 7.49. The molecule has 0 saturated heterocycles. The van der Waals surface area contributed by atoms with Crippen LogP contribution in [0.2, 0.25) is 0 Å². The highest BCUT2D eigenvalue weighted by Crippen LogP contribution is 2.20. The van der Waals surface area contributed by atoms with Crippen LogP contribution in [0, 0.1) is 6.92 Å². The Bertz CT molecular complexity index is 475. The second kappa shape index (κ2) is 7.81. The number of aliphatic carboxylic acids is 1. The Morgan fingerprint density at radius 2 is 1.71 bits per heavy atom. The van der Waals surface area contributed by atoms with Crippen LogP contribution in [0.3, 0.4) is 0 Å². The predicted molar refractivity (Wildman–Crippen MR) is 83.2 cm³/mol. The number of amides is 1. The fraction of sp³-hybridized carbons (Fsp3) is 0.529. The topological polar surface area (TPSA) is 66.4 Å². The number of carbonyl (C=O) groups is 2. The molecule has 21 heavy (non-hydrogen) atoms. The zero-order chi connectivity index (χ0) is 15.9. The maximum absolute atomic E-state index is 12.1. The zero-order valence-corrected chi connectivity index (χ0v) is 13.1. The minimum Gasteiger partial charge on any atom is -0.481 e. The van der Waals surface area contributed by atoms with Crippen LogP contribution in [0.4, 0.5) is 0 Å². The highest BCUT2D eigenvalue weighted by Gasteiger charge is 2.30. The number of hydrogen-bond acceptors (Lipinski definition) is 2. The molecule has 0 aliphatic rings. The van der Waals surface area contributed by atoms with Gasteiger partial charge in [0.1, 0.15) is 0 Å². The van der Waals surface area contributed by atoms with Gasteiger partial charge in [0.05, 0.1) is 6.42 Å². The summed E-state index contributed by atoms with van der Waals surface area (Å²) >= 11 is 0. The number of benzene rings is 1. The van der Waals surface area contributed by atoms with Gasteiger partial charge in [0.15, 0.2) is 0 Å². The van der Waals surface area contributed by atoms with Gasteiger partial charge in [0.2, 0.25) is 5.91 Å². The predicted octanol–water partition coefficient (Wildman–Crippen LogP) is 3.08. The van der Waals surface area contributed by atoms with Crippen LogP contribution in [0.5, 0.6) is 0 Å². The summed E-state index contributed by atoms with van der Waals surface area (Å²) in [5.41, 5.74) is 1.68. The fourth-order valence-electron chi connectivity index (χ4n) is 2.38. The first-order chi connectivity index (χ1) is 9.90. The molecule has 0 atom stereocenters. The summed E-state index contributed by atoms with van der Waals surface area (Å²) in [5, 5.41) is 11.9. The number of nitrogens with one attached hydrogen (secondary N) is 1. The Morgan fingerprint density at radius 1 is 1.14 bits per heavy atom. The largest absolute Gasteiger partial charge is 0.481 e. The second-order valence-corrected chi connectivity index (χ2v) is 5.59. The van der Waals surface area contributed by atoms with Crippen molar-refractivity contribution in [2.24, 2.45) is 0 Å². The molecule has 1 aromatic carbocycles. The van der Waals surface area contributed by atoms with Gasteiger partial charge in [0.25, 0.3) is 0 Å². The Morgan fingerprint density at radius 3 is 2.19 bits per heavy atom. The van der Waals surface area contributed by atoms with Crippen LogP contribution in [-0.2, 0) is 16.0 Å². The van der Waals surface area contributed by atoms with Crippen molar-refractivity contribution in [2.75, 3.05) is 0 Å². The summed E-state index contributed by atoms with van der Waals surface area (Å²) in [6.07, 6.45) is 2.25. The van der Waals surface area contributed by atoms with Crippen LogP contribution >= 0.6 is 0 Å². The first kappa shape index (κ1) is 17.2. The van der Waals surface area contributed by atoms with E-state index in [4.69, 9.17) is 5.11 Å². The highest BCUT2D eigenvalue weighted by molar-refractivity contribution is 5.78. The van der Waals surface area contributed by atoms with Gasteiger partial charge >= 0.3 is 5.97 Å². The standard InChI is InChI=1S/C17H25NO3/c1-4-17(5-2,12-16(20)21)18-15(19)11-10-14-8-6-13(3)7-9-14/h6-9H,4-5,10-12H2,1-3H3,(H,18,19)(H,20,21). The SMILES string of the molecule is CCC(CC)(CC(=O)O)NC(=O)CCc1ccc(C)cc1. The normalized spacial score (nSPS) is 11.2. The number of rotatable bonds is 8. The van der Waals surface area contributed by atoms with Crippen molar-refractivity contribution >= 4 is 11.9 Å². The van der Waals surface area contributed by atoms with Crippen LogP contribution < -0.4 is 5.32 Å². The van der Waals surface area contributed by atoms with Gasteiger partial charge in [0, 0.05) is 12.0 Å². The Balaban J connectivity index is 2.57. The second-order valence-electron chi connectivity index (χ2n) is 5.59. The maximum Gasteiger partial charge on any atom is 0.305 e. The monoisotopic (exact) mass is 291 g/mol. The summed E-state index contributed by atoms with van der Waals surface area (Å²) in [6.45, 7) is 5.85. The van der Waals surface area contributed by atoms with Crippen LogP contribution in [-0.4, -0.2) is 22.5 Å². The van der Waals surface area contributed by atoms with Gasteiger partial charge in [-0.1, -0.05) is 43.7 Å². The third kappa shape index (κ3) is 5.58. The molecule has 2 N–H and O–H groups in total. The molecule has 0 unspecified atom stereocenters. The highest BCUT2D eigenvalue weighted by atomic mass is 16.4. The Hall–Kier alpha value is -1.84. The number of carbonyl (C=O) groups excluding carboxylic acids is 1. The summed E-state index contributed by atoms with van der Waals surface area (Å²) in [7, 11) is 0. The van der Waals surface area contributed by atoms with Gasteiger partial charge < -0.3 is 10.4 Å². The van der Waals surface area contributed by atoms with Crippen molar-refractivity contribution in [1.29, 1.82) is 0 Å². The number of carboxylic acids is 1. The minimum absolute atomic E-state index is 0.0315. The van der Waals surface area contributed by atoms with Crippen molar-refractivity contribution in [2.45, 2.75) is 58.4 Å². The molecule has 4 heteroatoms. The van der Waals surface area contributed by atoms with E-state index in [0.29, 0.717) is 25.7 Å². The molecule has 4 nitrogen and oxygen atoms in total. The summed E-state index contributed by atoms with van der Waals surface area (Å²) in [6, 6.07) is 8.10. The van der Waals surface area contributed by atoms with Crippen molar-refractivity contribution in [3.63, 3.8) is 0 Å². The lowest BCUT2D eigenvalue weighted by Crippen LogP contribution is -2.49. The minimum atomic E-state index is -0.877. The summed E-state index contributed by atoms with van der Waals surface area (Å²) in [4.78, 5) is 23.1. The maximum atomic E-state index is 12.1. The molecule has 0 bridgehead atoms. The van der Waals surface area contributed by atoms with E-state index in [1.165, 1.54) is 5.56 Å². The molecule has 0 aromatic heterocycles. The van der Waals surface area contributed by atoms with E-state index >= 15 is 0 Å². The van der Waals surface area contributed by atoms with E-state index in [1.807, 2.05) is 45.0 Å². The van der Waals surface area contributed by atoms with Crippen molar-refractivity contribution in [3.8, 4) is 0 Å². The van der Waals surface area contributed by atoms with Gasteiger partial charge in [-0.25, -0.2) is 0 Å². The van der Waals surface area contributed by atoms with Gasteiger partial charge in [-0.3, -0.25) is 9.59 Å². The van der Waals surface area contributed by atoms with Crippen LogP contribution in [0.1, 0.15) is 50.7 Å². The molecule has 0 fully saturated rings. The van der Waals surface area contributed by atoms with E-state index in [2.05, 4.69) is 5.32 Å². The smallest absolute Gasteiger partial charge is 0.305 e. The lowest BCUT2D eigenvalue weighted by atomic mass is 9.88. The third-order valence-electron chi connectivity index (χ3n) is 4.01. The average molecular weight is 291 g/mol. The molecule has 0 aliphatic heterocycles. The molecule has 1 aromatic rings. The molecular weight excluding hydrogens is 266 g/mol. The average Bonchev–Trinajstić information content (AvgIpc) is 2.45. The van der Waals surface area contributed by atoms with Crippen molar-refractivity contribution < 1.29 is 14.7 Å². The van der Waals surface area contributed by atoms with E-state index in [9.17, 15) is 9.59 Å². The lowest BCUT2D eigenvalue weighted by Gasteiger charge is -2.31.